The molecular weight excluding hydrogens is 448 g/mol. The maximum Gasteiger partial charge on any atom is 0.414 e. The summed E-state index contributed by atoms with van der Waals surface area (Å²) in [5, 5.41) is 14.8. The van der Waals surface area contributed by atoms with E-state index in [1.807, 2.05) is 12.1 Å². The molecule has 8 nitrogen and oxygen atoms in total. The highest BCUT2D eigenvalue weighted by Crippen LogP contribution is 2.29. The molecule has 1 aliphatic heterocycles. The van der Waals surface area contributed by atoms with Crippen LogP contribution in [0.25, 0.3) is 0 Å². The molecular formula is C27H36N2O6. The average Bonchev–Trinajstić information content (AvgIpc) is 3.38. The zero-order valence-electron chi connectivity index (χ0n) is 20.2. The molecule has 3 N–H and O–H groups in total. The fourth-order valence-electron chi connectivity index (χ4n) is 4.85. The van der Waals surface area contributed by atoms with Crippen molar-refractivity contribution in [2.45, 2.75) is 57.9 Å². The summed E-state index contributed by atoms with van der Waals surface area (Å²) in [4.78, 5) is 35.3. The van der Waals surface area contributed by atoms with Crippen molar-refractivity contribution in [3.8, 4) is 5.75 Å². The van der Waals surface area contributed by atoms with Crippen molar-refractivity contribution < 1.29 is 24.5 Å². The van der Waals surface area contributed by atoms with Gasteiger partial charge in [-0.2, -0.15) is 0 Å². The van der Waals surface area contributed by atoms with E-state index in [4.69, 9.17) is 24.5 Å². The fraction of sp³-hybridized carbons (Fsp3) is 0.519. The highest BCUT2D eigenvalue weighted by molar-refractivity contribution is 6.27. The van der Waals surface area contributed by atoms with Crippen molar-refractivity contribution in [2.75, 3.05) is 19.7 Å². The molecule has 2 heterocycles. The largest absolute Gasteiger partial charge is 0.493 e. The van der Waals surface area contributed by atoms with Gasteiger partial charge >= 0.3 is 11.9 Å². The first kappa shape index (κ1) is 26.5. The molecule has 1 aromatic heterocycles. The van der Waals surface area contributed by atoms with Crippen LogP contribution >= 0.6 is 0 Å². The summed E-state index contributed by atoms with van der Waals surface area (Å²) >= 11 is 0. The zero-order valence-corrected chi connectivity index (χ0v) is 20.2. The van der Waals surface area contributed by atoms with Crippen LogP contribution < -0.4 is 10.3 Å². The number of hydrogen-bond donors (Lipinski definition) is 3. The Kier molecular flexibility index (Phi) is 10.3. The van der Waals surface area contributed by atoms with Crippen molar-refractivity contribution in [3.05, 3.63) is 64.1 Å². The van der Waals surface area contributed by atoms with Crippen LogP contribution in [0, 0.1) is 11.8 Å². The zero-order chi connectivity index (χ0) is 25.0. The standard InChI is InChI=1S/C25H34N2O2.C2H2O4/c28-25-23(9-5-15-26-25)18-27-16-13-20(14-17-27)11-12-22-8-3-4-10-24(22)29-19-21-6-1-2-7-21;3-1(4)2(5)6/h3-5,8-10,15,20-21H,1-2,6-7,11-14,16-19H2,(H,26,28);(H,3,4)(H,5,6). The predicted octanol–water partition coefficient (Wildman–Crippen LogP) is 3.94. The van der Waals surface area contributed by atoms with E-state index in [1.54, 1.807) is 6.20 Å². The molecule has 0 spiro atoms. The molecule has 0 unspecified atom stereocenters. The number of rotatable bonds is 8. The third kappa shape index (κ3) is 8.87. The van der Waals surface area contributed by atoms with Gasteiger partial charge in [-0.1, -0.05) is 37.1 Å². The number of aromatic amines is 1. The lowest BCUT2D eigenvalue weighted by Crippen LogP contribution is -2.35. The monoisotopic (exact) mass is 484 g/mol. The minimum Gasteiger partial charge on any atom is -0.493 e. The molecule has 1 saturated heterocycles. The van der Waals surface area contributed by atoms with Gasteiger partial charge in [-0.05, 0) is 81.1 Å². The van der Waals surface area contributed by atoms with Gasteiger partial charge in [0.05, 0.1) is 6.61 Å². The highest BCUT2D eigenvalue weighted by atomic mass is 16.5. The maximum absolute atomic E-state index is 11.9. The van der Waals surface area contributed by atoms with Crippen LogP contribution in [0.4, 0.5) is 0 Å². The van der Waals surface area contributed by atoms with Crippen LogP contribution in [-0.2, 0) is 22.6 Å². The Bertz CT molecular complexity index is 994. The summed E-state index contributed by atoms with van der Waals surface area (Å²) in [6.07, 6.45) is 11.9. The SMILES string of the molecule is O=C(O)C(=O)O.O=c1[nH]cccc1CN1CCC(CCc2ccccc2OCC2CCCC2)CC1. The van der Waals surface area contributed by atoms with Crippen LogP contribution in [-0.4, -0.2) is 51.7 Å². The molecule has 0 atom stereocenters. The minimum atomic E-state index is -1.82. The van der Waals surface area contributed by atoms with Gasteiger partial charge in [0.1, 0.15) is 5.75 Å². The van der Waals surface area contributed by atoms with Crippen molar-refractivity contribution >= 4 is 11.9 Å². The number of hydrogen-bond acceptors (Lipinski definition) is 5. The van der Waals surface area contributed by atoms with Gasteiger partial charge < -0.3 is 19.9 Å². The first-order valence-corrected chi connectivity index (χ1v) is 12.5. The molecule has 2 aromatic rings. The van der Waals surface area contributed by atoms with E-state index in [0.717, 1.165) is 55.8 Å². The van der Waals surface area contributed by atoms with E-state index >= 15 is 0 Å². The normalized spacial score (nSPS) is 16.9. The van der Waals surface area contributed by atoms with Crippen LogP contribution in [0.2, 0.25) is 0 Å². The Morgan fingerprint density at radius 2 is 1.57 bits per heavy atom. The number of piperidine rings is 1. The summed E-state index contributed by atoms with van der Waals surface area (Å²) in [7, 11) is 0. The number of carboxylic acids is 2. The number of pyridine rings is 1. The predicted molar refractivity (Wildman–Crippen MR) is 133 cm³/mol. The molecule has 1 aliphatic carbocycles. The number of nitrogens with one attached hydrogen (secondary N) is 1. The van der Waals surface area contributed by atoms with E-state index in [0.29, 0.717) is 0 Å². The lowest BCUT2D eigenvalue weighted by molar-refractivity contribution is -0.159. The minimum absolute atomic E-state index is 0.0452. The van der Waals surface area contributed by atoms with E-state index in [-0.39, 0.29) is 5.56 Å². The van der Waals surface area contributed by atoms with Crippen molar-refractivity contribution in [3.63, 3.8) is 0 Å². The lowest BCUT2D eigenvalue weighted by Gasteiger charge is -2.32. The second-order valence-corrected chi connectivity index (χ2v) is 9.46. The number of aromatic nitrogens is 1. The van der Waals surface area contributed by atoms with E-state index < -0.39 is 11.9 Å². The molecule has 1 aromatic carbocycles. The van der Waals surface area contributed by atoms with Gasteiger partial charge in [0.25, 0.3) is 5.56 Å². The van der Waals surface area contributed by atoms with E-state index in [9.17, 15) is 4.79 Å². The number of ether oxygens (including phenoxy) is 1. The van der Waals surface area contributed by atoms with Crippen LogP contribution in [0.1, 0.15) is 56.1 Å². The molecule has 0 bridgehead atoms. The molecule has 35 heavy (non-hydrogen) atoms. The quantitative estimate of drug-likeness (QED) is 0.485. The van der Waals surface area contributed by atoms with E-state index in [1.165, 1.54) is 50.5 Å². The summed E-state index contributed by atoms with van der Waals surface area (Å²) < 4.78 is 6.21. The van der Waals surface area contributed by atoms with Crippen molar-refractivity contribution in [2.24, 2.45) is 11.8 Å². The molecule has 8 heteroatoms. The van der Waals surface area contributed by atoms with Gasteiger partial charge in [0.15, 0.2) is 0 Å². The molecule has 2 fully saturated rings. The summed E-state index contributed by atoms with van der Waals surface area (Å²) in [5.41, 5.74) is 2.28. The number of aryl methyl sites for hydroxylation is 1. The number of carboxylic acid groups (broad SMARTS) is 2. The Morgan fingerprint density at radius 3 is 2.23 bits per heavy atom. The van der Waals surface area contributed by atoms with Gasteiger partial charge in [0, 0.05) is 18.3 Å². The first-order valence-electron chi connectivity index (χ1n) is 12.5. The van der Waals surface area contributed by atoms with Gasteiger partial charge in [-0.25, -0.2) is 9.59 Å². The summed E-state index contributed by atoms with van der Waals surface area (Å²) in [6, 6.07) is 12.5. The number of para-hydroxylation sites is 1. The lowest BCUT2D eigenvalue weighted by atomic mass is 9.90. The number of likely N-dealkylation sites (tertiary alicyclic amines) is 1. The smallest absolute Gasteiger partial charge is 0.414 e. The Labute approximate surface area is 205 Å². The van der Waals surface area contributed by atoms with Crippen molar-refractivity contribution in [1.82, 2.24) is 9.88 Å². The number of aliphatic carboxylic acids is 2. The molecule has 1 saturated carbocycles. The topological polar surface area (TPSA) is 120 Å². The second kappa shape index (κ2) is 13.7. The molecule has 2 aliphatic rings. The fourth-order valence-corrected chi connectivity index (χ4v) is 4.85. The molecule has 0 amide bonds. The number of benzene rings is 1. The highest BCUT2D eigenvalue weighted by Gasteiger charge is 2.21. The van der Waals surface area contributed by atoms with Crippen LogP contribution in [0.5, 0.6) is 5.75 Å². The molecule has 190 valence electrons. The Balaban J connectivity index is 0.000000509. The molecule has 0 radical (unpaired) electrons. The third-order valence-corrected chi connectivity index (χ3v) is 6.93. The third-order valence-electron chi connectivity index (χ3n) is 6.93. The first-order chi connectivity index (χ1) is 16.9. The van der Waals surface area contributed by atoms with Gasteiger partial charge in [-0.15, -0.1) is 0 Å². The van der Waals surface area contributed by atoms with Crippen LogP contribution in [0.3, 0.4) is 0 Å². The van der Waals surface area contributed by atoms with Crippen LogP contribution in [0.15, 0.2) is 47.4 Å². The number of H-pyrrole nitrogens is 1. The second-order valence-electron chi connectivity index (χ2n) is 9.46. The van der Waals surface area contributed by atoms with E-state index in [2.05, 4.69) is 34.1 Å². The Morgan fingerprint density at radius 1 is 0.914 bits per heavy atom. The summed E-state index contributed by atoms with van der Waals surface area (Å²) in [6.45, 7) is 3.81. The number of nitrogens with zero attached hydrogens (tertiary/aromatic N) is 1. The average molecular weight is 485 g/mol. The van der Waals surface area contributed by atoms with Crippen molar-refractivity contribution in [1.29, 1.82) is 0 Å². The number of carbonyl (C=O) groups is 2. The van der Waals surface area contributed by atoms with Gasteiger partial charge in [-0.3, -0.25) is 9.69 Å². The van der Waals surface area contributed by atoms with Gasteiger partial charge in [0.2, 0.25) is 0 Å². The summed E-state index contributed by atoms with van der Waals surface area (Å²) in [5.74, 6) is -1.03. The maximum atomic E-state index is 11.9. The molecule has 4 rings (SSSR count). The Hall–Kier alpha value is -3.13.